The van der Waals surface area contributed by atoms with Gasteiger partial charge in [0.25, 0.3) is 0 Å². The molecule has 1 saturated heterocycles. The third kappa shape index (κ3) is 1.17. The van der Waals surface area contributed by atoms with E-state index in [0.717, 1.165) is 0 Å². The second-order valence-corrected chi connectivity index (χ2v) is 2.91. The number of aliphatic hydroxyl groups excluding tert-OH is 2. The summed E-state index contributed by atoms with van der Waals surface area (Å²) in [4.78, 5) is 0. The van der Waals surface area contributed by atoms with Gasteiger partial charge < -0.3 is 14.9 Å². The molecule has 4 atom stereocenters. The maximum absolute atomic E-state index is 9.34. The van der Waals surface area contributed by atoms with Gasteiger partial charge in [-0.15, -0.1) is 0 Å². The quantitative estimate of drug-likeness (QED) is 0.537. The van der Waals surface area contributed by atoms with E-state index in [4.69, 9.17) is 9.84 Å². The minimum Gasteiger partial charge on any atom is -0.394 e. The summed E-state index contributed by atoms with van der Waals surface area (Å²) < 4.78 is 5.23. The molecule has 10 heavy (non-hydrogen) atoms. The van der Waals surface area contributed by atoms with Gasteiger partial charge in [0, 0.05) is 5.92 Å². The smallest absolute Gasteiger partial charge is 0.107 e. The molecule has 0 aromatic rings. The summed E-state index contributed by atoms with van der Waals surface area (Å²) in [6, 6.07) is 0. The number of ether oxygens (including phenoxy) is 1. The van der Waals surface area contributed by atoms with Gasteiger partial charge in [-0.3, -0.25) is 0 Å². The Kier molecular flexibility index (Phi) is 2.28. The van der Waals surface area contributed by atoms with Gasteiger partial charge in [-0.05, 0) is 6.92 Å². The van der Waals surface area contributed by atoms with Crippen molar-refractivity contribution in [2.45, 2.75) is 32.2 Å². The second kappa shape index (κ2) is 2.86. The van der Waals surface area contributed by atoms with E-state index in [-0.39, 0.29) is 24.7 Å². The highest BCUT2D eigenvalue weighted by Gasteiger charge is 2.37. The van der Waals surface area contributed by atoms with Crippen molar-refractivity contribution in [2.75, 3.05) is 6.61 Å². The monoisotopic (exact) mass is 146 g/mol. The Hall–Kier alpha value is -0.120. The van der Waals surface area contributed by atoms with Crippen molar-refractivity contribution in [1.82, 2.24) is 0 Å². The molecule has 0 radical (unpaired) electrons. The average Bonchev–Trinajstić information content (AvgIpc) is 2.17. The Morgan fingerprint density at radius 1 is 1.40 bits per heavy atom. The van der Waals surface area contributed by atoms with E-state index in [1.54, 1.807) is 0 Å². The van der Waals surface area contributed by atoms with E-state index < -0.39 is 6.10 Å². The first-order valence-electron chi connectivity index (χ1n) is 3.61. The van der Waals surface area contributed by atoms with Crippen molar-refractivity contribution in [3.63, 3.8) is 0 Å². The van der Waals surface area contributed by atoms with Crippen LogP contribution in [0.15, 0.2) is 0 Å². The normalized spacial score (nSPS) is 48.0. The predicted molar refractivity (Wildman–Crippen MR) is 36.6 cm³/mol. The fourth-order valence-electron chi connectivity index (χ4n) is 1.25. The molecule has 0 saturated carbocycles. The highest BCUT2D eigenvalue weighted by Crippen LogP contribution is 2.25. The Labute approximate surface area is 60.6 Å². The molecule has 1 aliphatic rings. The molecule has 0 spiro atoms. The van der Waals surface area contributed by atoms with Crippen LogP contribution >= 0.6 is 0 Å². The van der Waals surface area contributed by atoms with Crippen LogP contribution in [0.1, 0.15) is 13.8 Å². The fraction of sp³-hybridized carbons (Fsp3) is 1.00. The fourth-order valence-corrected chi connectivity index (χ4v) is 1.25. The topological polar surface area (TPSA) is 49.7 Å². The number of hydrogen-bond acceptors (Lipinski definition) is 3. The minimum absolute atomic E-state index is 0.0622. The van der Waals surface area contributed by atoms with Gasteiger partial charge in [0.15, 0.2) is 0 Å². The lowest BCUT2D eigenvalue weighted by atomic mass is 10.00. The lowest BCUT2D eigenvalue weighted by Gasteiger charge is -2.11. The maximum Gasteiger partial charge on any atom is 0.107 e. The van der Waals surface area contributed by atoms with E-state index in [0.29, 0.717) is 0 Å². The van der Waals surface area contributed by atoms with Crippen molar-refractivity contribution >= 4 is 0 Å². The first-order valence-corrected chi connectivity index (χ1v) is 3.61. The lowest BCUT2D eigenvalue weighted by Crippen LogP contribution is -2.28. The maximum atomic E-state index is 9.34. The summed E-state index contributed by atoms with van der Waals surface area (Å²) in [6.07, 6.45) is -0.808. The largest absolute Gasteiger partial charge is 0.394 e. The molecule has 2 N–H and O–H groups in total. The summed E-state index contributed by atoms with van der Waals surface area (Å²) in [6.45, 7) is 3.74. The Balaban J connectivity index is 2.53. The van der Waals surface area contributed by atoms with Crippen LogP contribution in [0, 0.1) is 5.92 Å². The third-order valence-electron chi connectivity index (χ3n) is 2.23. The molecule has 3 nitrogen and oxygen atoms in total. The van der Waals surface area contributed by atoms with Crippen LogP contribution in [0.4, 0.5) is 0 Å². The highest BCUT2D eigenvalue weighted by molar-refractivity contribution is 4.85. The zero-order valence-electron chi connectivity index (χ0n) is 6.32. The summed E-state index contributed by atoms with van der Waals surface area (Å²) in [7, 11) is 0. The Bertz CT molecular complexity index is 115. The third-order valence-corrected chi connectivity index (χ3v) is 2.23. The summed E-state index contributed by atoms with van der Waals surface area (Å²) in [5.74, 6) is 0.136. The van der Waals surface area contributed by atoms with Gasteiger partial charge in [-0.25, -0.2) is 0 Å². The van der Waals surface area contributed by atoms with Crippen LogP contribution in [0.5, 0.6) is 0 Å². The standard InChI is InChI=1S/C7H14O3/c1-4-5(2)10-6(3-8)7(4)9/h4-9H,3H2,1-2H3/t4?,5-,6?,7?/m1/s1. The first kappa shape index (κ1) is 7.98. The Morgan fingerprint density at radius 2 is 2.00 bits per heavy atom. The summed E-state index contributed by atoms with van der Waals surface area (Å²) in [5, 5.41) is 18.0. The van der Waals surface area contributed by atoms with Crippen molar-refractivity contribution in [1.29, 1.82) is 0 Å². The van der Waals surface area contributed by atoms with Crippen molar-refractivity contribution in [3.05, 3.63) is 0 Å². The molecule has 0 aliphatic carbocycles. The second-order valence-electron chi connectivity index (χ2n) is 2.91. The van der Waals surface area contributed by atoms with E-state index in [9.17, 15) is 5.11 Å². The highest BCUT2D eigenvalue weighted by atomic mass is 16.5. The molecule has 0 amide bonds. The minimum atomic E-state index is -0.500. The van der Waals surface area contributed by atoms with Crippen molar-refractivity contribution in [2.24, 2.45) is 5.92 Å². The van der Waals surface area contributed by atoms with Crippen molar-refractivity contribution in [3.8, 4) is 0 Å². The molecule has 1 fully saturated rings. The molecule has 60 valence electrons. The zero-order chi connectivity index (χ0) is 7.72. The number of hydrogen-bond donors (Lipinski definition) is 2. The molecule has 0 bridgehead atoms. The van der Waals surface area contributed by atoms with Crippen LogP contribution in [-0.2, 0) is 4.74 Å². The van der Waals surface area contributed by atoms with Gasteiger partial charge in [-0.1, -0.05) is 6.92 Å². The first-order chi connectivity index (χ1) is 4.66. The van der Waals surface area contributed by atoms with E-state index in [2.05, 4.69) is 0 Å². The molecule has 0 aromatic heterocycles. The number of aliphatic hydroxyl groups is 2. The van der Waals surface area contributed by atoms with E-state index in [1.807, 2.05) is 13.8 Å². The van der Waals surface area contributed by atoms with E-state index >= 15 is 0 Å². The summed E-state index contributed by atoms with van der Waals surface area (Å²) >= 11 is 0. The molecule has 3 unspecified atom stereocenters. The van der Waals surface area contributed by atoms with Gasteiger partial charge in [-0.2, -0.15) is 0 Å². The van der Waals surface area contributed by atoms with Crippen LogP contribution in [0.25, 0.3) is 0 Å². The zero-order valence-corrected chi connectivity index (χ0v) is 6.32. The van der Waals surface area contributed by atoms with Crippen LogP contribution in [0.3, 0.4) is 0 Å². The van der Waals surface area contributed by atoms with Crippen LogP contribution < -0.4 is 0 Å². The van der Waals surface area contributed by atoms with E-state index in [1.165, 1.54) is 0 Å². The van der Waals surface area contributed by atoms with Gasteiger partial charge in [0.05, 0.1) is 18.8 Å². The average molecular weight is 146 g/mol. The molecule has 1 heterocycles. The molecule has 1 rings (SSSR count). The number of rotatable bonds is 1. The van der Waals surface area contributed by atoms with Gasteiger partial charge in [0.1, 0.15) is 6.10 Å². The molecule has 3 heteroatoms. The SMILES string of the molecule is CC1C(O)C(CO)O[C@@H]1C. The van der Waals surface area contributed by atoms with Gasteiger partial charge >= 0.3 is 0 Å². The molecule has 0 aromatic carbocycles. The van der Waals surface area contributed by atoms with Crippen LogP contribution in [0.2, 0.25) is 0 Å². The molecular formula is C7H14O3. The predicted octanol–water partition coefficient (Wildman–Crippen LogP) is -0.237. The molecular weight excluding hydrogens is 132 g/mol. The Morgan fingerprint density at radius 3 is 2.20 bits per heavy atom. The molecule has 1 aliphatic heterocycles. The summed E-state index contributed by atoms with van der Waals surface area (Å²) in [5.41, 5.74) is 0. The van der Waals surface area contributed by atoms with Crippen LogP contribution in [-0.4, -0.2) is 35.1 Å². The van der Waals surface area contributed by atoms with Gasteiger partial charge in [0.2, 0.25) is 0 Å². The van der Waals surface area contributed by atoms with Crippen molar-refractivity contribution < 1.29 is 14.9 Å². The lowest BCUT2D eigenvalue weighted by molar-refractivity contribution is -0.0170.